The van der Waals surface area contributed by atoms with Crippen molar-refractivity contribution in [1.29, 1.82) is 0 Å². The van der Waals surface area contributed by atoms with Crippen molar-refractivity contribution in [3.63, 3.8) is 0 Å². The number of thiophene rings is 2. The quantitative estimate of drug-likeness (QED) is 0.187. The summed E-state index contributed by atoms with van der Waals surface area (Å²) >= 11 is 8.06. The van der Waals surface area contributed by atoms with Gasteiger partial charge in [-0.25, -0.2) is 4.98 Å². The fourth-order valence-electron chi connectivity index (χ4n) is 3.10. The Balaban J connectivity index is 1.87. The van der Waals surface area contributed by atoms with Gasteiger partial charge in [-0.2, -0.15) is 4.55 Å². The van der Waals surface area contributed by atoms with E-state index in [4.69, 9.17) is 22.3 Å². The van der Waals surface area contributed by atoms with Gasteiger partial charge in [-0.3, -0.25) is 0 Å². The van der Waals surface area contributed by atoms with Crippen LogP contribution >= 0.6 is 34.3 Å². The number of pyridine rings is 1. The summed E-state index contributed by atoms with van der Waals surface area (Å²) in [6.45, 7) is 0. The van der Waals surface area contributed by atoms with Crippen LogP contribution in [0.3, 0.4) is 0 Å². The number of fused-ring (bicyclic) bond motifs is 1. The maximum absolute atomic E-state index is 10.7. The molecule has 0 saturated heterocycles. The smallest absolute Gasteiger partial charge is 0.269 e. The fourth-order valence-corrected chi connectivity index (χ4v) is 6.72. The molecule has 28 heavy (non-hydrogen) atoms. The zero-order chi connectivity index (χ0) is 19.5. The van der Waals surface area contributed by atoms with Crippen LogP contribution in [0.25, 0.3) is 31.9 Å². The minimum Gasteiger partial charge on any atom is -0.393 e. The number of nitrogen functional groups attached to an aromatic ring is 1. The van der Waals surface area contributed by atoms with Crippen LogP contribution in [0.5, 0.6) is 0 Å². The molecule has 1 unspecified atom stereocenters. The van der Waals surface area contributed by atoms with Crippen molar-refractivity contribution in [2.24, 2.45) is 0 Å². The van der Waals surface area contributed by atoms with Crippen LogP contribution in [0.1, 0.15) is 12.8 Å². The lowest BCUT2D eigenvalue weighted by atomic mass is 10.0. The van der Waals surface area contributed by atoms with Gasteiger partial charge in [-0.05, 0) is 41.5 Å². The van der Waals surface area contributed by atoms with Crippen LogP contribution in [0.4, 0.5) is 5.69 Å². The average Bonchev–Trinajstić information content (AvgIpc) is 3.37. The second-order valence-electron chi connectivity index (χ2n) is 6.35. The topological polar surface area (TPSA) is 59.1 Å². The van der Waals surface area contributed by atoms with Gasteiger partial charge < -0.3 is 5.73 Å². The summed E-state index contributed by atoms with van der Waals surface area (Å²) in [6, 6.07) is 16.5. The highest BCUT2D eigenvalue weighted by Crippen LogP contribution is 2.43. The molecule has 0 aliphatic rings. The Morgan fingerprint density at radius 1 is 1.11 bits per heavy atom. The number of halogens is 1. The van der Waals surface area contributed by atoms with Crippen LogP contribution in [0.15, 0.2) is 58.1 Å². The van der Waals surface area contributed by atoms with Crippen LogP contribution in [-0.2, 0) is 11.2 Å². The fraction of sp³-hybridized carbons (Fsp3) is 0.190. The molecule has 1 atom stereocenters. The first-order valence-electron chi connectivity index (χ1n) is 8.97. The Labute approximate surface area is 180 Å². The third kappa shape index (κ3) is 3.93. The summed E-state index contributed by atoms with van der Waals surface area (Å²) in [5.41, 5.74) is 10.3. The van der Waals surface area contributed by atoms with Crippen LogP contribution in [0, 0.1) is 0 Å². The zero-order valence-electron chi connectivity index (χ0n) is 15.1. The van der Waals surface area contributed by atoms with E-state index in [1.54, 1.807) is 11.3 Å². The molecule has 0 saturated carbocycles. The molecule has 3 heterocycles. The monoisotopic (exact) mass is 447 g/mol. The van der Waals surface area contributed by atoms with Crippen molar-refractivity contribution < 1.29 is 4.55 Å². The van der Waals surface area contributed by atoms with Gasteiger partial charge in [0.2, 0.25) is 0 Å². The predicted octanol–water partition coefficient (Wildman–Crippen LogP) is 6.74. The molecule has 3 N–H and O–H groups in total. The number of nitrogens with two attached hydrogens (primary N) is 1. The van der Waals surface area contributed by atoms with E-state index in [0.29, 0.717) is 17.3 Å². The highest BCUT2D eigenvalue weighted by molar-refractivity contribution is 7.93. The molecule has 144 valence electrons. The first-order chi connectivity index (χ1) is 13.7. The molecule has 3 nitrogen and oxygen atoms in total. The minimum absolute atomic E-state index is 0.614. The first kappa shape index (κ1) is 19.7. The van der Waals surface area contributed by atoms with E-state index >= 15 is 0 Å². The Bertz CT molecular complexity index is 1060. The lowest BCUT2D eigenvalue weighted by Gasteiger charge is -2.07. The van der Waals surface area contributed by atoms with Gasteiger partial charge in [0, 0.05) is 11.3 Å². The maximum Gasteiger partial charge on any atom is 0.269 e. The number of anilines is 1. The molecule has 0 fully saturated rings. The Kier molecular flexibility index (Phi) is 6.23. The number of nitrogens with zero attached hydrogens (tertiary/aromatic N) is 1. The number of unbranched alkanes of at least 4 members (excludes halogenated alkanes) is 1. The standard InChI is InChI=1S/C21H20ClN2OS3/c22-10-4-5-12-28(25)21-19(23)18-15(14-7-2-1-3-8-14)13-16(24-20(18)27-21)17-9-6-11-26-17/h1-3,6-9,11,13,25H,4-5,10,12,23H2/q+1. The van der Waals surface area contributed by atoms with Crippen molar-refractivity contribution >= 4 is 61.4 Å². The molecular weight excluding hydrogens is 428 g/mol. The molecule has 7 heteroatoms. The number of rotatable bonds is 7. The highest BCUT2D eigenvalue weighted by atomic mass is 35.5. The molecule has 3 aromatic heterocycles. The summed E-state index contributed by atoms with van der Waals surface area (Å²) in [5.74, 6) is 1.30. The van der Waals surface area contributed by atoms with Crippen LogP contribution in [0.2, 0.25) is 0 Å². The predicted molar refractivity (Wildman–Crippen MR) is 126 cm³/mol. The second-order valence-corrected chi connectivity index (χ2v) is 10.5. The molecular formula is C21H20ClN2OS3+. The van der Waals surface area contributed by atoms with Gasteiger partial charge >= 0.3 is 0 Å². The summed E-state index contributed by atoms with van der Waals surface area (Å²) in [4.78, 5) is 6.88. The van der Waals surface area contributed by atoms with Crippen LogP contribution < -0.4 is 5.73 Å². The molecule has 4 rings (SSSR count). The molecule has 0 amide bonds. The highest BCUT2D eigenvalue weighted by Gasteiger charge is 2.29. The molecule has 0 bridgehead atoms. The zero-order valence-corrected chi connectivity index (χ0v) is 18.3. The van der Waals surface area contributed by atoms with E-state index in [1.807, 2.05) is 24.3 Å². The van der Waals surface area contributed by atoms with Gasteiger partial charge in [0.15, 0.2) is 11.2 Å². The number of hydrogen-bond acceptors (Lipinski definition) is 5. The van der Waals surface area contributed by atoms with Gasteiger partial charge in [0.25, 0.3) is 4.21 Å². The summed E-state index contributed by atoms with van der Waals surface area (Å²) in [6.07, 6.45) is 1.78. The van der Waals surface area contributed by atoms with Gasteiger partial charge in [0.1, 0.15) is 16.3 Å². The van der Waals surface area contributed by atoms with E-state index in [9.17, 15) is 4.55 Å². The molecule has 0 aliphatic carbocycles. The number of benzene rings is 1. The van der Waals surface area contributed by atoms with Crippen molar-refractivity contribution in [2.45, 2.75) is 17.1 Å². The van der Waals surface area contributed by atoms with Crippen molar-refractivity contribution in [3.8, 4) is 21.7 Å². The maximum atomic E-state index is 10.7. The molecule has 0 radical (unpaired) electrons. The van der Waals surface area contributed by atoms with E-state index in [1.165, 1.54) is 11.3 Å². The number of alkyl halides is 1. The van der Waals surface area contributed by atoms with Crippen molar-refractivity contribution in [1.82, 2.24) is 4.98 Å². The van der Waals surface area contributed by atoms with Gasteiger partial charge in [-0.15, -0.1) is 22.9 Å². The normalized spacial score (nSPS) is 12.5. The Morgan fingerprint density at radius 3 is 2.64 bits per heavy atom. The summed E-state index contributed by atoms with van der Waals surface area (Å²) < 4.78 is 11.6. The van der Waals surface area contributed by atoms with E-state index < -0.39 is 11.2 Å². The minimum atomic E-state index is -0.890. The van der Waals surface area contributed by atoms with Gasteiger partial charge in [0.05, 0.1) is 10.6 Å². The Hall–Kier alpha value is -1.57. The summed E-state index contributed by atoms with van der Waals surface area (Å²) in [5, 5.41) is 3.00. The van der Waals surface area contributed by atoms with E-state index in [-0.39, 0.29) is 0 Å². The molecule has 4 aromatic rings. The van der Waals surface area contributed by atoms with Crippen molar-refractivity contribution in [3.05, 3.63) is 53.9 Å². The molecule has 1 aromatic carbocycles. The van der Waals surface area contributed by atoms with Gasteiger partial charge in [-0.1, -0.05) is 47.7 Å². The molecule has 0 spiro atoms. The van der Waals surface area contributed by atoms with Crippen molar-refractivity contribution in [2.75, 3.05) is 17.4 Å². The first-order valence-corrected chi connectivity index (χ1v) is 12.6. The lowest BCUT2D eigenvalue weighted by Crippen LogP contribution is -2.07. The SMILES string of the molecule is Nc1c([S+](O)CCCCCl)sc2nc(-c3cccs3)cc(-c3ccccc3)c12. The Morgan fingerprint density at radius 2 is 1.93 bits per heavy atom. The molecule has 0 aliphatic heterocycles. The number of hydrogen-bond donors (Lipinski definition) is 2. The van der Waals surface area contributed by atoms with E-state index in [2.05, 4.69) is 29.6 Å². The average molecular weight is 448 g/mol. The lowest BCUT2D eigenvalue weighted by molar-refractivity contribution is 0.636. The number of aromatic nitrogens is 1. The van der Waals surface area contributed by atoms with E-state index in [0.717, 1.165) is 49.0 Å². The third-order valence-electron chi connectivity index (χ3n) is 4.46. The second kappa shape index (κ2) is 8.84. The summed E-state index contributed by atoms with van der Waals surface area (Å²) in [7, 11) is 0. The largest absolute Gasteiger partial charge is 0.393 e. The van der Waals surface area contributed by atoms with Crippen LogP contribution in [-0.4, -0.2) is 21.2 Å². The third-order valence-corrected chi connectivity index (χ3v) is 8.66.